The van der Waals surface area contributed by atoms with Crippen molar-refractivity contribution in [2.45, 2.75) is 0 Å². The van der Waals surface area contributed by atoms with Crippen LogP contribution in [-0.4, -0.2) is 28.6 Å². The quantitative estimate of drug-likeness (QED) is 0.452. The van der Waals surface area contributed by atoms with Gasteiger partial charge in [-0.1, -0.05) is 45.1 Å². The molecule has 0 spiro atoms. The van der Waals surface area contributed by atoms with Gasteiger partial charge in [0.25, 0.3) is 0 Å². The number of nitrogens with one attached hydrogen (secondary N) is 1. The second-order valence-electron chi connectivity index (χ2n) is 2.88. The molecule has 18 heavy (non-hydrogen) atoms. The zero-order valence-electron chi connectivity index (χ0n) is 8.68. The summed E-state index contributed by atoms with van der Waals surface area (Å²) < 4.78 is 0. The Labute approximate surface area is 117 Å². The van der Waals surface area contributed by atoms with Crippen molar-refractivity contribution in [2.24, 2.45) is 15.4 Å². The second kappa shape index (κ2) is 7.05. The van der Waals surface area contributed by atoms with Crippen LogP contribution in [0, 0.1) is 0 Å². The summed E-state index contributed by atoms with van der Waals surface area (Å²) in [5, 5.41) is 26.9. The summed E-state index contributed by atoms with van der Waals surface area (Å²) >= 11 is 17.6. The Balaban J connectivity index is 3.01. The first-order valence-electron chi connectivity index (χ1n) is 4.41. The number of hydrogen-bond acceptors (Lipinski definition) is 6. The minimum Gasteiger partial charge on any atom is -0.411 e. The normalized spacial score (nSPS) is 11.1. The van der Waals surface area contributed by atoms with Gasteiger partial charge in [0.05, 0.1) is 28.2 Å². The van der Waals surface area contributed by atoms with Gasteiger partial charge in [-0.15, -0.1) is 0 Å². The van der Waals surface area contributed by atoms with Gasteiger partial charge < -0.3 is 10.4 Å². The van der Waals surface area contributed by atoms with Crippen LogP contribution in [0.3, 0.4) is 0 Å². The first-order valence-corrected chi connectivity index (χ1v) is 5.55. The summed E-state index contributed by atoms with van der Waals surface area (Å²) in [4.78, 5) is 0. The van der Waals surface area contributed by atoms with Gasteiger partial charge in [-0.2, -0.15) is 5.10 Å². The van der Waals surface area contributed by atoms with Crippen LogP contribution in [-0.2, 0) is 0 Å². The van der Waals surface area contributed by atoms with E-state index in [9.17, 15) is 0 Å². The van der Waals surface area contributed by atoms with Gasteiger partial charge in [0.15, 0.2) is 0 Å². The SMILES string of the molecule is O/N=C/C(/C=N/O)=NNc1c(Cl)cc(Cl)cc1Cl. The molecule has 1 aromatic rings. The van der Waals surface area contributed by atoms with Crippen molar-refractivity contribution < 1.29 is 10.4 Å². The molecule has 3 N–H and O–H groups in total. The zero-order valence-corrected chi connectivity index (χ0v) is 10.9. The van der Waals surface area contributed by atoms with Crippen molar-refractivity contribution in [1.82, 2.24) is 0 Å². The first-order chi connectivity index (χ1) is 8.58. The van der Waals surface area contributed by atoms with Gasteiger partial charge in [0, 0.05) is 5.02 Å². The van der Waals surface area contributed by atoms with Gasteiger partial charge >= 0.3 is 0 Å². The summed E-state index contributed by atoms with van der Waals surface area (Å²) in [6, 6.07) is 2.96. The number of hydrogen-bond donors (Lipinski definition) is 3. The fourth-order valence-electron chi connectivity index (χ4n) is 0.979. The van der Waals surface area contributed by atoms with E-state index in [1.807, 2.05) is 0 Å². The summed E-state index contributed by atoms with van der Waals surface area (Å²) in [6.07, 6.45) is 1.90. The fourth-order valence-corrected chi connectivity index (χ4v) is 1.88. The van der Waals surface area contributed by atoms with E-state index in [0.717, 1.165) is 12.4 Å². The van der Waals surface area contributed by atoms with Crippen LogP contribution in [0.5, 0.6) is 0 Å². The summed E-state index contributed by atoms with van der Waals surface area (Å²) in [5.41, 5.74) is 2.90. The van der Waals surface area contributed by atoms with E-state index in [1.165, 1.54) is 12.1 Å². The maximum Gasteiger partial charge on any atom is 0.127 e. The number of benzene rings is 1. The van der Waals surface area contributed by atoms with Crippen LogP contribution in [0.1, 0.15) is 0 Å². The molecule has 0 heterocycles. The summed E-state index contributed by atoms with van der Waals surface area (Å²) in [7, 11) is 0. The van der Waals surface area contributed by atoms with Crippen molar-refractivity contribution >= 4 is 58.6 Å². The van der Waals surface area contributed by atoms with Gasteiger partial charge in [-0.05, 0) is 12.1 Å². The van der Waals surface area contributed by atoms with E-state index in [4.69, 9.17) is 45.2 Å². The Morgan fingerprint density at radius 3 is 2.00 bits per heavy atom. The predicted molar refractivity (Wildman–Crippen MR) is 73.1 cm³/mol. The molecule has 1 aromatic carbocycles. The number of halogens is 3. The topological polar surface area (TPSA) is 89.6 Å². The summed E-state index contributed by atoms with van der Waals surface area (Å²) in [6.45, 7) is 0. The molecule has 0 aliphatic rings. The Morgan fingerprint density at radius 2 is 1.56 bits per heavy atom. The van der Waals surface area contributed by atoms with Crippen molar-refractivity contribution in [3.63, 3.8) is 0 Å². The monoisotopic (exact) mass is 308 g/mol. The predicted octanol–water partition coefficient (Wildman–Crippen LogP) is 3.33. The Morgan fingerprint density at radius 1 is 1.06 bits per heavy atom. The molecule has 0 radical (unpaired) electrons. The lowest BCUT2D eigenvalue weighted by Gasteiger charge is -2.06. The van der Waals surface area contributed by atoms with Crippen molar-refractivity contribution in [1.29, 1.82) is 0 Å². The molecule has 0 aromatic heterocycles. The molecule has 0 unspecified atom stereocenters. The highest BCUT2D eigenvalue weighted by Gasteiger charge is 2.07. The zero-order chi connectivity index (χ0) is 13.5. The smallest absolute Gasteiger partial charge is 0.127 e. The van der Waals surface area contributed by atoms with Crippen molar-refractivity contribution in [3.05, 3.63) is 27.2 Å². The maximum absolute atomic E-state index is 8.35. The molecule has 0 saturated heterocycles. The average Bonchev–Trinajstić information content (AvgIpc) is 2.28. The Hall–Kier alpha value is -1.50. The molecular weight excluding hydrogens is 302 g/mol. The Bertz CT molecular complexity index is 480. The van der Waals surface area contributed by atoms with Crippen molar-refractivity contribution in [3.8, 4) is 0 Å². The van der Waals surface area contributed by atoms with Crippen molar-refractivity contribution in [2.75, 3.05) is 5.43 Å². The lowest BCUT2D eigenvalue weighted by Crippen LogP contribution is -2.06. The van der Waals surface area contributed by atoms with Crippen LogP contribution in [0.15, 0.2) is 27.5 Å². The lowest BCUT2D eigenvalue weighted by molar-refractivity contribution is 0.321. The number of anilines is 1. The second-order valence-corrected chi connectivity index (χ2v) is 4.13. The summed E-state index contributed by atoms with van der Waals surface area (Å²) in [5.74, 6) is 0. The number of hydrazone groups is 1. The van der Waals surface area contributed by atoms with Gasteiger partial charge in [-0.25, -0.2) is 0 Å². The van der Waals surface area contributed by atoms with Crippen LogP contribution in [0.25, 0.3) is 0 Å². The highest BCUT2D eigenvalue weighted by atomic mass is 35.5. The fraction of sp³-hybridized carbons (Fsp3) is 0. The molecule has 1 rings (SSSR count). The van der Waals surface area contributed by atoms with E-state index < -0.39 is 0 Å². The van der Waals surface area contributed by atoms with E-state index in [-0.39, 0.29) is 15.8 Å². The first kappa shape index (κ1) is 14.6. The highest BCUT2D eigenvalue weighted by molar-refractivity contribution is 6.55. The molecule has 0 fully saturated rings. The molecule has 9 heteroatoms. The molecule has 0 amide bonds. The Kier molecular flexibility index (Phi) is 5.70. The maximum atomic E-state index is 8.35. The number of nitrogens with zero attached hydrogens (tertiary/aromatic N) is 3. The molecule has 0 atom stereocenters. The van der Waals surface area contributed by atoms with E-state index >= 15 is 0 Å². The largest absolute Gasteiger partial charge is 0.411 e. The van der Waals surface area contributed by atoms with Gasteiger partial charge in [0.1, 0.15) is 5.71 Å². The molecule has 96 valence electrons. The van der Waals surface area contributed by atoms with Crippen LogP contribution in [0.4, 0.5) is 5.69 Å². The molecule has 0 aliphatic carbocycles. The van der Waals surface area contributed by atoms with Gasteiger partial charge in [-0.3, -0.25) is 5.43 Å². The van der Waals surface area contributed by atoms with Crippen LogP contribution >= 0.6 is 34.8 Å². The highest BCUT2D eigenvalue weighted by Crippen LogP contribution is 2.33. The average molecular weight is 310 g/mol. The number of rotatable bonds is 4. The number of oxime groups is 2. The van der Waals surface area contributed by atoms with E-state index in [0.29, 0.717) is 10.7 Å². The minimum absolute atomic E-state index is 0.0436. The lowest BCUT2D eigenvalue weighted by atomic mass is 10.3. The van der Waals surface area contributed by atoms with E-state index in [2.05, 4.69) is 20.8 Å². The molecule has 0 aliphatic heterocycles. The molecule has 0 saturated carbocycles. The molecule has 0 bridgehead atoms. The van der Waals surface area contributed by atoms with E-state index in [1.54, 1.807) is 0 Å². The van der Waals surface area contributed by atoms with Crippen LogP contribution < -0.4 is 5.43 Å². The third-order valence-corrected chi connectivity index (χ3v) is 2.50. The standard InChI is InChI=1S/C9H7Cl3N4O2/c10-5-1-7(11)9(8(12)2-5)16-15-6(3-13-17)4-14-18/h1-4,16-18H/b13-3+,14-4+. The third-order valence-electron chi connectivity index (χ3n) is 1.68. The molecular formula is C9H7Cl3N4O2. The minimum atomic E-state index is 0.0436. The third kappa shape index (κ3) is 4.06. The van der Waals surface area contributed by atoms with Gasteiger partial charge in [0.2, 0.25) is 0 Å². The van der Waals surface area contributed by atoms with Crippen LogP contribution in [0.2, 0.25) is 15.1 Å². The molecule has 6 nitrogen and oxygen atoms in total.